The Morgan fingerprint density at radius 1 is 1.15 bits per heavy atom. The Morgan fingerprint density at radius 3 is 2.75 bits per heavy atom. The van der Waals surface area contributed by atoms with Gasteiger partial charge in [0.2, 0.25) is 0 Å². The van der Waals surface area contributed by atoms with E-state index in [2.05, 4.69) is 53.5 Å². The van der Waals surface area contributed by atoms with E-state index in [-0.39, 0.29) is 6.04 Å². The molecule has 1 unspecified atom stereocenters. The van der Waals surface area contributed by atoms with Crippen LogP contribution in [0.3, 0.4) is 0 Å². The van der Waals surface area contributed by atoms with E-state index >= 15 is 0 Å². The van der Waals surface area contributed by atoms with Gasteiger partial charge in [0.1, 0.15) is 0 Å². The molecular weight excluding hydrogens is 248 g/mol. The number of hydrogen-bond acceptors (Lipinski definition) is 3. The topological polar surface area (TPSA) is 42.7 Å². The Balaban J connectivity index is 1.95. The van der Waals surface area contributed by atoms with E-state index in [1.54, 1.807) is 0 Å². The van der Waals surface area contributed by atoms with Gasteiger partial charge in [0.15, 0.2) is 0 Å². The SMILES string of the molecule is CCNC(C)c1ccc(-n2ncc3ccccc32)cn1. The van der Waals surface area contributed by atoms with Crippen molar-refractivity contribution in [3.05, 3.63) is 54.5 Å². The van der Waals surface area contributed by atoms with Gasteiger partial charge in [-0.05, 0) is 31.7 Å². The highest BCUT2D eigenvalue weighted by Crippen LogP contribution is 2.18. The molecule has 0 radical (unpaired) electrons. The van der Waals surface area contributed by atoms with Crippen molar-refractivity contribution < 1.29 is 0 Å². The largest absolute Gasteiger partial charge is 0.309 e. The molecule has 2 heterocycles. The van der Waals surface area contributed by atoms with Gasteiger partial charge in [0, 0.05) is 11.4 Å². The van der Waals surface area contributed by atoms with Gasteiger partial charge >= 0.3 is 0 Å². The van der Waals surface area contributed by atoms with Crippen molar-refractivity contribution in [3.63, 3.8) is 0 Å². The molecule has 102 valence electrons. The molecule has 0 fully saturated rings. The summed E-state index contributed by atoms with van der Waals surface area (Å²) in [5.41, 5.74) is 3.13. The van der Waals surface area contributed by atoms with Gasteiger partial charge in [-0.2, -0.15) is 5.10 Å². The first-order valence-corrected chi connectivity index (χ1v) is 6.92. The molecular formula is C16H18N4. The van der Waals surface area contributed by atoms with Crippen LogP contribution in [0, 0.1) is 0 Å². The van der Waals surface area contributed by atoms with Gasteiger partial charge in [-0.25, -0.2) is 4.68 Å². The Bertz CT molecular complexity index is 700. The highest BCUT2D eigenvalue weighted by atomic mass is 15.3. The molecule has 0 saturated heterocycles. The van der Waals surface area contributed by atoms with Crippen molar-refractivity contribution in [3.8, 4) is 5.69 Å². The maximum Gasteiger partial charge on any atom is 0.0836 e. The zero-order valence-corrected chi connectivity index (χ0v) is 11.7. The number of nitrogens with zero attached hydrogens (tertiary/aromatic N) is 3. The number of para-hydroxylation sites is 1. The molecule has 4 heteroatoms. The maximum atomic E-state index is 4.54. The van der Waals surface area contributed by atoms with Crippen LogP contribution in [-0.4, -0.2) is 21.3 Å². The summed E-state index contributed by atoms with van der Waals surface area (Å²) in [5.74, 6) is 0. The summed E-state index contributed by atoms with van der Waals surface area (Å²) in [5, 5.41) is 8.93. The third-order valence-electron chi connectivity index (χ3n) is 3.45. The second-order valence-electron chi connectivity index (χ2n) is 4.84. The smallest absolute Gasteiger partial charge is 0.0836 e. The monoisotopic (exact) mass is 266 g/mol. The first kappa shape index (κ1) is 12.8. The van der Waals surface area contributed by atoms with Crippen LogP contribution < -0.4 is 5.32 Å². The van der Waals surface area contributed by atoms with E-state index in [0.717, 1.165) is 28.8 Å². The van der Waals surface area contributed by atoms with Crippen molar-refractivity contribution in [1.82, 2.24) is 20.1 Å². The van der Waals surface area contributed by atoms with Crippen LogP contribution in [0.25, 0.3) is 16.6 Å². The molecule has 0 bridgehead atoms. The lowest BCUT2D eigenvalue weighted by molar-refractivity contribution is 0.583. The fraction of sp³-hybridized carbons (Fsp3) is 0.250. The Labute approximate surface area is 118 Å². The molecule has 0 saturated carbocycles. The van der Waals surface area contributed by atoms with Gasteiger partial charge in [0.25, 0.3) is 0 Å². The molecule has 0 spiro atoms. The predicted molar refractivity (Wildman–Crippen MR) is 81.0 cm³/mol. The molecule has 3 rings (SSSR count). The molecule has 0 aliphatic carbocycles. The molecule has 0 aliphatic rings. The second kappa shape index (κ2) is 5.43. The molecule has 4 nitrogen and oxygen atoms in total. The molecule has 20 heavy (non-hydrogen) atoms. The number of hydrogen-bond donors (Lipinski definition) is 1. The average molecular weight is 266 g/mol. The fourth-order valence-corrected chi connectivity index (χ4v) is 2.37. The maximum absolute atomic E-state index is 4.54. The Kier molecular flexibility index (Phi) is 3.48. The van der Waals surface area contributed by atoms with Crippen molar-refractivity contribution in [2.45, 2.75) is 19.9 Å². The van der Waals surface area contributed by atoms with Crippen LogP contribution in [0.4, 0.5) is 0 Å². The lowest BCUT2D eigenvalue weighted by Crippen LogP contribution is -2.18. The minimum absolute atomic E-state index is 0.267. The van der Waals surface area contributed by atoms with Crippen molar-refractivity contribution in [1.29, 1.82) is 0 Å². The van der Waals surface area contributed by atoms with Crippen LogP contribution in [0.1, 0.15) is 25.6 Å². The fourth-order valence-electron chi connectivity index (χ4n) is 2.37. The highest BCUT2D eigenvalue weighted by molar-refractivity contribution is 5.79. The van der Waals surface area contributed by atoms with Gasteiger partial charge in [-0.1, -0.05) is 25.1 Å². The molecule has 0 amide bonds. The van der Waals surface area contributed by atoms with Gasteiger partial charge < -0.3 is 5.32 Å². The van der Waals surface area contributed by atoms with Gasteiger partial charge in [0.05, 0.1) is 29.3 Å². The molecule has 1 atom stereocenters. The Hall–Kier alpha value is -2.20. The van der Waals surface area contributed by atoms with Crippen LogP contribution in [0.5, 0.6) is 0 Å². The number of aromatic nitrogens is 3. The van der Waals surface area contributed by atoms with E-state index in [1.807, 2.05) is 29.2 Å². The second-order valence-corrected chi connectivity index (χ2v) is 4.84. The summed E-state index contributed by atoms with van der Waals surface area (Å²) in [4.78, 5) is 4.54. The summed E-state index contributed by atoms with van der Waals surface area (Å²) in [6.45, 7) is 5.16. The number of fused-ring (bicyclic) bond motifs is 1. The lowest BCUT2D eigenvalue weighted by atomic mass is 10.2. The minimum atomic E-state index is 0.267. The first-order valence-electron chi connectivity index (χ1n) is 6.92. The van der Waals surface area contributed by atoms with E-state index in [0.29, 0.717) is 0 Å². The van der Waals surface area contributed by atoms with E-state index < -0.39 is 0 Å². The summed E-state index contributed by atoms with van der Waals surface area (Å²) >= 11 is 0. The normalized spacial score (nSPS) is 12.7. The highest BCUT2D eigenvalue weighted by Gasteiger charge is 2.07. The summed E-state index contributed by atoms with van der Waals surface area (Å²) in [7, 11) is 0. The molecule has 0 aliphatic heterocycles. The zero-order valence-electron chi connectivity index (χ0n) is 11.7. The van der Waals surface area contributed by atoms with E-state index in [1.165, 1.54) is 0 Å². The van der Waals surface area contributed by atoms with Gasteiger partial charge in [-0.3, -0.25) is 4.98 Å². The first-order chi connectivity index (χ1) is 9.79. The number of pyridine rings is 1. The third-order valence-corrected chi connectivity index (χ3v) is 3.45. The van der Waals surface area contributed by atoms with Crippen LogP contribution >= 0.6 is 0 Å². The Morgan fingerprint density at radius 2 is 2.00 bits per heavy atom. The van der Waals surface area contributed by atoms with E-state index in [9.17, 15) is 0 Å². The van der Waals surface area contributed by atoms with Crippen LogP contribution in [0.15, 0.2) is 48.8 Å². The number of rotatable bonds is 4. The van der Waals surface area contributed by atoms with Crippen molar-refractivity contribution in [2.75, 3.05) is 6.54 Å². The number of nitrogens with one attached hydrogen (secondary N) is 1. The summed E-state index contributed by atoms with van der Waals surface area (Å²) < 4.78 is 1.92. The zero-order chi connectivity index (χ0) is 13.9. The molecule has 2 aromatic heterocycles. The molecule has 1 aromatic carbocycles. The van der Waals surface area contributed by atoms with Crippen molar-refractivity contribution in [2.24, 2.45) is 0 Å². The average Bonchev–Trinajstić information content (AvgIpc) is 2.92. The quantitative estimate of drug-likeness (QED) is 0.789. The van der Waals surface area contributed by atoms with Gasteiger partial charge in [-0.15, -0.1) is 0 Å². The van der Waals surface area contributed by atoms with Crippen molar-refractivity contribution >= 4 is 10.9 Å². The summed E-state index contributed by atoms with van der Waals surface area (Å²) in [6, 6.07) is 12.6. The van der Waals surface area contributed by atoms with Crippen LogP contribution in [-0.2, 0) is 0 Å². The molecule has 3 aromatic rings. The number of benzene rings is 1. The standard InChI is InChI=1S/C16H18N4/c1-3-17-12(2)15-9-8-14(11-18-15)20-16-7-5-4-6-13(16)10-19-20/h4-12,17H,3H2,1-2H3. The summed E-state index contributed by atoms with van der Waals surface area (Å²) in [6.07, 6.45) is 3.76. The molecule has 1 N–H and O–H groups in total. The third kappa shape index (κ3) is 2.30. The van der Waals surface area contributed by atoms with E-state index in [4.69, 9.17) is 0 Å². The lowest BCUT2D eigenvalue weighted by Gasteiger charge is -2.12. The predicted octanol–water partition coefficient (Wildman–Crippen LogP) is 3.09. The van der Waals surface area contributed by atoms with Crippen LogP contribution in [0.2, 0.25) is 0 Å². The minimum Gasteiger partial charge on any atom is -0.309 e.